The quantitative estimate of drug-likeness (QED) is 0.782. The smallest absolute Gasteiger partial charge is 0.159 e. The summed E-state index contributed by atoms with van der Waals surface area (Å²) in [5.74, 6) is 0.895. The first-order valence-electron chi connectivity index (χ1n) is 7.82. The van der Waals surface area contributed by atoms with E-state index in [4.69, 9.17) is 0 Å². The fourth-order valence-electron chi connectivity index (χ4n) is 3.42. The summed E-state index contributed by atoms with van der Waals surface area (Å²) in [5.41, 5.74) is 2.17. The van der Waals surface area contributed by atoms with Gasteiger partial charge in [-0.2, -0.15) is 0 Å². The Bertz CT molecular complexity index is 485. The van der Waals surface area contributed by atoms with Crippen LogP contribution in [0.15, 0.2) is 35.9 Å². The topological polar surface area (TPSA) is 20.3 Å². The largest absolute Gasteiger partial charge is 0.303 e. The zero-order valence-corrected chi connectivity index (χ0v) is 12.1. The van der Waals surface area contributed by atoms with E-state index in [1.807, 2.05) is 18.2 Å². The van der Waals surface area contributed by atoms with Gasteiger partial charge in [0.2, 0.25) is 0 Å². The van der Waals surface area contributed by atoms with Crippen LogP contribution in [0.25, 0.3) is 6.08 Å². The molecule has 1 heterocycles. The number of hydrogen-bond acceptors (Lipinski definition) is 2. The normalized spacial score (nSPS) is 26.3. The number of piperidine rings is 1. The van der Waals surface area contributed by atoms with Crippen molar-refractivity contribution in [1.82, 2.24) is 4.90 Å². The Labute approximate surface area is 121 Å². The van der Waals surface area contributed by atoms with Crippen LogP contribution in [0.5, 0.6) is 0 Å². The van der Waals surface area contributed by atoms with E-state index in [0.29, 0.717) is 11.7 Å². The predicted molar refractivity (Wildman–Crippen MR) is 82.4 cm³/mol. The monoisotopic (exact) mass is 269 g/mol. The lowest BCUT2D eigenvalue weighted by atomic mass is 10.0. The van der Waals surface area contributed by atoms with Crippen molar-refractivity contribution in [3.05, 3.63) is 41.5 Å². The molecule has 1 atom stereocenters. The number of hydrogen-bond donors (Lipinski definition) is 0. The van der Waals surface area contributed by atoms with Crippen molar-refractivity contribution in [2.75, 3.05) is 19.6 Å². The minimum Gasteiger partial charge on any atom is -0.303 e. The maximum atomic E-state index is 12.1. The highest BCUT2D eigenvalue weighted by Crippen LogP contribution is 2.30. The van der Waals surface area contributed by atoms with Gasteiger partial charge >= 0.3 is 0 Å². The molecule has 0 bridgehead atoms. The van der Waals surface area contributed by atoms with Crippen LogP contribution in [0.1, 0.15) is 37.7 Å². The van der Waals surface area contributed by atoms with E-state index < -0.39 is 0 Å². The molecule has 0 radical (unpaired) electrons. The van der Waals surface area contributed by atoms with Crippen molar-refractivity contribution in [2.24, 2.45) is 5.92 Å². The first kappa shape index (κ1) is 13.6. The molecule has 2 heteroatoms. The highest BCUT2D eigenvalue weighted by Gasteiger charge is 2.28. The summed E-state index contributed by atoms with van der Waals surface area (Å²) in [4.78, 5) is 14.7. The Morgan fingerprint density at radius 3 is 2.55 bits per heavy atom. The van der Waals surface area contributed by atoms with Crippen LogP contribution in [0.3, 0.4) is 0 Å². The van der Waals surface area contributed by atoms with Crippen LogP contribution in [0.4, 0.5) is 0 Å². The van der Waals surface area contributed by atoms with Gasteiger partial charge in [-0.1, -0.05) is 36.8 Å². The van der Waals surface area contributed by atoms with Crippen LogP contribution in [-0.2, 0) is 4.79 Å². The number of benzene rings is 1. The number of Topliss-reactive ketones (excluding diaryl/α,β-unsaturated/α-hetero) is 1. The van der Waals surface area contributed by atoms with Gasteiger partial charge in [0.15, 0.2) is 5.78 Å². The van der Waals surface area contributed by atoms with Gasteiger partial charge in [0.1, 0.15) is 0 Å². The Balaban J connectivity index is 1.61. The maximum absolute atomic E-state index is 12.1. The van der Waals surface area contributed by atoms with Crippen molar-refractivity contribution >= 4 is 11.9 Å². The highest BCUT2D eigenvalue weighted by molar-refractivity contribution is 6.01. The van der Waals surface area contributed by atoms with E-state index in [1.54, 1.807) is 0 Å². The van der Waals surface area contributed by atoms with Crippen molar-refractivity contribution in [1.29, 1.82) is 0 Å². The number of allylic oxidation sites excluding steroid dienone is 1. The zero-order valence-electron chi connectivity index (χ0n) is 12.1. The second-order valence-electron chi connectivity index (χ2n) is 6.14. The Morgan fingerprint density at radius 2 is 1.80 bits per heavy atom. The molecular weight excluding hydrogens is 246 g/mol. The van der Waals surface area contributed by atoms with Crippen molar-refractivity contribution in [3.63, 3.8) is 0 Å². The van der Waals surface area contributed by atoms with E-state index in [2.05, 4.69) is 23.1 Å². The van der Waals surface area contributed by atoms with Crippen molar-refractivity contribution in [3.8, 4) is 0 Å². The minimum absolute atomic E-state index is 0.357. The van der Waals surface area contributed by atoms with Gasteiger partial charge in [0.05, 0.1) is 0 Å². The summed E-state index contributed by atoms with van der Waals surface area (Å²) < 4.78 is 0. The first-order valence-corrected chi connectivity index (χ1v) is 7.82. The molecular formula is C18H23NO. The van der Waals surface area contributed by atoms with E-state index >= 15 is 0 Å². The first-order chi connectivity index (χ1) is 9.81. The predicted octanol–water partition coefficient (Wildman–Crippen LogP) is 3.54. The van der Waals surface area contributed by atoms with Gasteiger partial charge in [-0.15, -0.1) is 0 Å². The molecule has 1 saturated heterocycles. The van der Waals surface area contributed by atoms with Gasteiger partial charge < -0.3 is 4.90 Å². The molecule has 20 heavy (non-hydrogen) atoms. The van der Waals surface area contributed by atoms with Crippen LogP contribution >= 0.6 is 0 Å². The molecule has 1 unspecified atom stereocenters. The summed E-state index contributed by atoms with van der Waals surface area (Å²) in [6, 6.07) is 10.2. The van der Waals surface area contributed by atoms with Gasteiger partial charge in [-0.3, -0.25) is 4.79 Å². The number of rotatable bonds is 3. The van der Waals surface area contributed by atoms with Crippen molar-refractivity contribution < 1.29 is 4.79 Å². The van der Waals surface area contributed by atoms with Crippen LogP contribution in [0.2, 0.25) is 0 Å². The molecule has 1 saturated carbocycles. The Morgan fingerprint density at radius 1 is 1.05 bits per heavy atom. The lowest BCUT2D eigenvalue weighted by Gasteiger charge is -2.28. The molecule has 2 nitrogen and oxygen atoms in total. The number of ketones is 1. The SMILES string of the molecule is O=C1CC(CN2CCCCC2)C/C1=C/c1ccccc1. The van der Waals surface area contributed by atoms with Crippen LogP contribution in [-0.4, -0.2) is 30.3 Å². The van der Waals surface area contributed by atoms with Crippen molar-refractivity contribution in [2.45, 2.75) is 32.1 Å². The third kappa shape index (κ3) is 3.37. The van der Waals surface area contributed by atoms with E-state index in [-0.39, 0.29) is 0 Å². The molecule has 1 aromatic rings. The van der Waals surface area contributed by atoms with Gasteiger partial charge in [-0.25, -0.2) is 0 Å². The average Bonchev–Trinajstić information content (AvgIpc) is 2.81. The maximum Gasteiger partial charge on any atom is 0.159 e. The molecule has 1 aromatic carbocycles. The molecule has 0 aromatic heterocycles. The average molecular weight is 269 g/mol. The second kappa shape index (κ2) is 6.36. The molecule has 2 aliphatic rings. The second-order valence-corrected chi connectivity index (χ2v) is 6.14. The summed E-state index contributed by atoms with van der Waals surface area (Å²) >= 11 is 0. The third-order valence-corrected chi connectivity index (χ3v) is 4.45. The number of carbonyl (C=O) groups excluding carboxylic acids is 1. The molecule has 2 fully saturated rings. The molecule has 0 N–H and O–H groups in total. The van der Waals surface area contributed by atoms with Crippen LogP contribution in [0, 0.1) is 5.92 Å². The summed E-state index contributed by atoms with van der Waals surface area (Å²) in [7, 11) is 0. The number of carbonyl (C=O) groups is 1. The van der Waals surface area contributed by atoms with E-state index in [9.17, 15) is 4.79 Å². The lowest BCUT2D eigenvalue weighted by Crippen LogP contribution is -2.33. The summed E-state index contributed by atoms with van der Waals surface area (Å²) in [6.45, 7) is 3.56. The Kier molecular flexibility index (Phi) is 4.31. The highest BCUT2D eigenvalue weighted by atomic mass is 16.1. The fourth-order valence-corrected chi connectivity index (χ4v) is 3.42. The molecule has 106 valence electrons. The van der Waals surface area contributed by atoms with E-state index in [1.165, 1.54) is 32.4 Å². The van der Waals surface area contributed by atoms with Gasteiger partial charge in [-0.05, 0) is 55.5 Å². The zero-order chi connectivity index (χ0) is 13.8. The standard InChI is InChI=1S/C18H23NO/c20-18-13-16(14-19-9-5-2-6-10-19)12-17(18)11-15-7-3-1-4-8-15/h1,3-4,7-8,11,16H,2,5-6,9-10,12-14H2/b17-11-. The summed E-state index contributed by atoms with van der Waals surface area (Å²) in [6.07, 6.45) is 7.82. The lowest BCUT2D eigenvalue weighted by molar-refractivity contribution is -0.114. The van der Waals surface area contributed by atoms with E-state index in [0.717, 1.165) is 30.5 Å². The fraction of sp³-hybridized carbons (Fsp3) is 0.500. The molecule has 1 aliphatic heterocycles. The molecule has 3 rings (SSSR count). The minimum atomic E-state index is 0.357. The number of nitrogens with zero attached hydrogens (tertiary/aromatic N) is 1. The summed E-state index contributed by atoms with van der Waals surface area (Å²) in [5, 5.41) is 0. The van der Waals surface area contributed by atoms with Gasteiger partial charge in [0, 0.05) is 13.0 Å². The molecule has 0 spiro atoms. The molecule has 0 amide bonds. The third-order valence-electron chi connectivity index (χ3n) is 4.45. The van der Waals surface area contributed by atoms with Gasteiger partial charge in [0.25, 0.3) is 0 Å². The number of likely N-dealkylation sites (tertiary alicyclic amines) is 1. The Hall–Kier alpha value is -1.41. The molecule has 1 aliphatic carbocycles. The van der Waals surface area contributed by atoms with Crippen LogP contribution < -0.4 is 0 Å².